The minimum Gasteiger partial charge on any atom is -0.380 e. The molecular formula is C10H22ClNO3S. The minimum atomic E-state index is -3.16. The monoisotopic (exact) mass is 271 g/mol. The molecule has 0 aromatic heterocycles. The van der Waals surface area contributed by atoms with Gasteiger partial charge in [-0.05, 0) is 18.8 Å². The van der Waals surface area contributed by atoms with E-state index in [1.807, 2.05) is 0 Å². The van der Waals surface area contributed by atoms with Crippen molar-refractivity contribution in [1.29, 1.82) is 0 Å². The Morgan fingerprint density at radius 1 is 1.31 bits per heavy atom. The van der Waals surface area contributed by atoms with E-state index in [1.54, 1.807) is 0 Å². The topological polar surface area (TPSA) is 55.4 Å². The highest BCUT2D eigenvalue weighted by Crippen LogP contribution is 1.98. The van der Waals surface area contributed by atoms with Gasteiger partial charge in [0, 0.05) is 19.0 Å². The van der Waals surface area contributed by atoms with Crippen molar-refractivity contribution in [3.63, 3.8) is 0 Å². The van der Waals surface area contributed by atoms with Crippen LogP contribution in [0.15, 0.2) is 0 Å². The normalized spacial score (nSPS) is 12.2. The molecule has 0 aliphatic heterocycles. The van der Waals surface area contributed by atoms with Crippen LogP contribution in [0.4, 0.5) is 0 Å². The zero-order valence-electron chi connectivity index (χ0n) is 10.0. The first-order chi connectivity index (χ1) is 7.48. The summed E-state index contributed by atoms with van der Waals surface area (Å²) in [5.74, 6) is 1.06. The summed E-state index contributed by atoms with van der Waals surface area (Å²) in [4.78, 5) is 0. The predicted molar refractivity (Wildman–Crippen MR) is 67.4 cm³/mol. The molecule has 0 aliphatic rings. The zero-order valence-corrected chi connectivity index (χ0v) is 11.6. The molecule has 0 amide bonds. The van der Waals surface area contributed by atoms with Gasteiger partial charge in [-0.1, -0.05) is 13.8 Å². The number of rotatable bonds is 10. The summed E-state index contributed by atoms with van der Waals surface area (Å²) in [5, 5.41) is 0. The van der Waals surface area contributed by atoms with Crippen molar-refractivity contribution in [3.8, 4) is 0 Å². The Labute approximate surface area is 104 Å². The number of hydrogen-bond acceptors (Lipinski definition) is 3. The Bertz CT molecular complexity index is 255. The third kappa shape index (κ3) is 10.7. The van der Waals surface area contributed by atoms with Gasteiger partial charge in [-0.15, -0.1) is 11.6 Å². The Balaban J connectivity index is 3.43. The number of nitrogens with one attached hydrogen (secondary N) is 1. The molecule has 0 aliphatic carbocycles. The van der Waals surface area contributed by atoms with E-state index in [0.717, 1.165) is 6.42 Å². The van der Waals surface area contributed by atoms with Gasteiger partial charge in [0.05, 0.1) is 12.4 Å². The molecule has 0 spiro atoms. The average molecular weight is 272 g/mol. The molecule has 6 heteroatoms. The van der Waals surface area contributed by atoms with Gasteiger partial charge in [0.15, 0.2) is 0 Å². The van der Waals surface area contributed by atoms with Crippen LogP contribution in [0.1, 0.15) is 26.7 Å². The highest BCUT2D eigenvalue weighted by Gasteiger charge is 2.07. The minimum absolute atomic E-state index is 0.0858. The summed E-state index contributed by atoms with van der Waals surface area (Å²) in [7, 11) is -3.16. The molecule has 4 nitrogen and oxygen atoms in total. The van der Waals surface area contributed by atoms with Gasteiger partial charge in [0.2, 0.25) is 10.0 Å². The molecule has 98 valence electrons. The molecule has 0 saturated heterocycles. The molecule has 0 aromatic carbocycles. The van der Waals surface area contributed by atoms with E-state index in [0.29, 0.717) is 38.0 Å². The van der Waals surface area contributed by atoms with Crippen LogP contribution >= 0.6 is 11.6 Å². The Kier molecular flexibility index (Phi) is 9.31. The van der Waals surface area contributed by atoms with Crippen LogP contribution in [0.5, 0.6) is 0 Å². The van der Waals surface area contributed by atoms with E-state index >= 15 is 0 Å². The van der Waals surface area contributed by atoms with E-state index in [4.69, 9.17) is 16.3 Å². The van der Waals surface area contributed by atoms with E-state index in [2.05, 4.69) is 18.6 Å². The van der Waals surface area contributed by atoms with E-state index in [9.17, 15) is 8.42 Å². The molecule has 0 fully saturated rings. The smallest absolute Gasteiger partial charge is 0.211 e. The van der Waals surface area contributed by atoms with Gasteiger partial charge in [-0.25, -0.2) is 13.1 Å². The Morgan fingerprint density at radius 3 is 2.56 bits per heavy atom. The molecule has 0 heterocycles. The number of sulfonamides is 1. The van der Waals surface area contributed by atoms with Crippen molar-refractivity contribution in [3.05, 3.63) is 0 Å². The second-order valence-corrected chi connectivity index (χ2v) is 6.36. The Hall–Kier alpha value is 0.160. The first-order valence-electron chi connectivity index (χ1n) is 5.59. The van der Waals surface area contributed by atoms with Crippen LogP contribution in [-0.4, -0.2) is 39.8 Å². The number of halogens is 1. The van der Waals surface area contributed by atoms with Gasteiger partial charge < -0.3 is 4.74 Å². The zero-order chi connectivity index (χ0) is 12.4. The summed E-state index contributed by atoms with van der Waals surface area (Å²) >= 11 is 5.42. The fourth-order valence-corrected chi connectivity index (χ4v) is 2.36. The molecule has 0 rings (SSSR count). The second-order valence-electron chi connectivity index (χ2n) is 4.05. The average Bonchev–Trinajstić information content (AvgIpc) is 2.20. The molecule has 0 unspecified atom stereocenters. The summed E-state index contributed by atoms with van der Waals surface area (Å²) in [5.41, 5.74) is 0. The van der Waals surface area contributed by atoms with Gasteiger partial charge in [0.1, 0.15) is 0 Å². The molecule has 0 saturated carbocycles. The van der Waals surface area contributed by atoms with Crippen molar-refractivity contribution in [2.75, 3.05) is 31.4 Å². The third-order valence-electron chi connectivity index (χ3n) is 1.95. The Morgan fingerprint density at radius 2 is 2.00 bits per heavy atom. The van der Waals surface area contributed by atoms with Gasteiger partial charge >= 0.3 is 0 Å². The van der Waals surface area contributed by atoms with Crippen LogP contribution in [-0.2, 0) is 14.8 Å². The first kappa shape index (κ1) is 16.2. The molecule has 1 N–H and O–H groups in total. The van der Waals surface area contributed by atoms with Crippen LogP contribution in [0.2, 0.25) is 0 Å². The van der Waals surface area contributed by atoms with Gasteiger partial charge in [0.25, 0.3) is 0 Å². The van der Waals surface area contributed by atoms with Gasteiger partial charge in [-0.3, -0.25) is 0 Å². The molecule has 16 heavy (non-hydrogen) atoms. The van der Waals surface area contributed by atoms with Crippen molar-refractivity contribution < 1.29 is 13.2 Å². The van der Waals surface area contributed by atoms with Crippen LogP contribution in [0, 0.1) is 5.92 Å². The summed E-state index contributed by atoms with van der Waals surface area (Å²) in [6.45, 7) is 5.69. The SMILES string of the molecule is CC(C)CCOCCNS(=O)(=O)CCCCl. The third-order valence-corrected chi connectivity index (χ3v) is 3.69. The predicted octanol–water partition coefficient (Wildman–Crippen LogP) is 1.60. The molecule has 0 aromatic rings. The van der Waals surface area contributed by atoms with Crippen LogP contribution in [0.25, 0.3) is 0 Å². The van der Waals surface area contributed by atoms with Crippen molar-refractivity contribution in [1.82, 2.24) is 4.72 Å². The fraction of sp³-hybridized carbons (Fsp3) is 1.00. The van der Waals surface area contributed by atoms with Crippen molar-refractivity contribution >= 4 is 21.6 Å². The van der Waals surface area contributed by atoms with Crippen LogP contribution < -0.4 is 4.72 Å². The lowest BCUT2D eigenvalue weighted by Gasteiger charge is -2.08. The molecule has 0 atom stereocenters. The first-order valence-corrected chi connectivity index (χ1v) is 7.77. The maximum Gasteiger partial charge on any atom is 0.211 e. The maximum absolute atomic E-state index is 11.3. The summed E-state index contributed by atoms with van der Waals surface area (Å²) in [6, 6.07) is 0. The lowest BCUT2D eigenvalue weighted by atomic mass is 10.1. The summed E-state index contributed by atoms with van der Waals surface area (Å²) < 4.78 is 30.4. The maximum atomic E-state index is 11.3. The lowest BCUT2D eigenvalue weighted by molar-refractivity contribution is 0.128. The van der Waals surface area contributed by atoms with E-state index < -0.39 is 10.0 Å². The number of hydrogen-bond donors (Lipinski definition) is 1. The van der Waals surface area contributed by atoms with E-state index in [1.165, 1.54) is 0 Å². The molecule has 0 radical (unpaired) electrons. The highest BCUT2D eigenvalue weighted by molar-refractivity contribution is 7.89. The molecular weight excluding hydrogens is 250 g/mol. The van der Waals surface area contributed by atoms with Crippen LogP contribution in [0.3, 0.4) is 0 Å². The summed E-state index contributed by atoms with van der Waals surface area (Å²) in [6.07, 6.45) is 1.48. The second kappa shape index (κ2) is 9.22. The molecule has 0 bridgehead atoms. The number of ether oxygens (including phenoxy) is 1. The fourth-order valence-electron chi connectivity index (χ4n) is 1.01. The van der Waals surface area contributed by atoms with E-state index in [-0.39, 0.29) is 5.75 Å². The van der Waals surface area contributed by atoms with Gasteiger partial charge in [-0.2, -0.15) is 0 Å². The van der Waals surface area contributed by atoms with Crippen molar-refractivity contribution in [2.24, 2.45) is 5.92 Å². The largest absolute Gasteiger partial charge is 0.380 e. The standard InChI is InChI=1S/C10H22ClNO3S/c1-10(2)4-7-15-8-6-12-16(13,14)9-3-5-11/h10,12H,3-9H2,1-2H3. The quantitative estimate of drug-likeness (QED) is 0.485. The lowest BCUT2D eigenvalue weighted by Crippen LogP contribution is -2.29. The number of alkyl halides is 1. The van der Waals surface area contributed by atoms with Crippen molar-refractivity contribution in [2.45, 2.75) is 26.7 Å². The highest BCUT2D eigenvalue weighted by atomic mass is 35.5.